The van der Waals surface area contributed by atoms with Crippen LogP contribution in [0.5, 0.6) is 0 Å². The van der Waals surface area contributed by atoms with Crippen molar-refractivity contribution in [1.29, 1.82) is 0 Å². The second-order valence-electron chi connectivity index (χ2n) is 5.57. The number of sulfone groups is 1. The fourth-order valence-electron chi connectivity index (χ4n) is 2.33. The van der Waals surface area contributed by atoms with Gasteiger partial charge in [-0.15, -0.1) is 0 Å². The number of hydrogen-bond acceptors (Lipinski definition) is 5. The number of carbonyl (C=O) groups excluding carboxylic acids is 1. The number of amides is 1. The molecule has 1 fully saturated rings. The van der Waals surface area contributed by atoms with Crippen LogP contribution in [0.25, 0.3) is 0 Å². The average molecular weight is 311 g/mol. The predicted molar refractivity (Wildman–Crippen MR) is 84.2 cm³/mol. The van der Waals surface area contributed by atoms with Crippen LogP contribution in [0.3, 0.4) is 0 Å². The lowest BCUT2D eigenvalue weighted by Crippen LogP contribution is -2.32. The Morgan fingerprint density at radius 1 is 1.29 bits per heavy atom. The van der Waals surface area contributed by atoms with E-state index < -0.39 is 9.84 Å². The molecule has 21 heavy (non-hydrogen) atoms. The summed E-state index contributed by atoms with van der Waals surface area (Å²) in [6.07, 6.45) is 1.13. The van der Waals surface area contributed by atoms with Gasteiger partial charge in [-0.05, 0) is 31.0 Å². The highest BCUT2D eigenvalue weighted by Crippen LogP contribution is 2.24. The Hall–Kier alpha value is -1.76. The zero-order valence-electron chi connectivity index (χ0n) is 12.3. The summed E-state index contributed by atoms with van der Waals surface area (Å²) in [5.41, 5.74) is 7.73. The fraction of sp³-hybridized carbons (Fsp3) is 0.500. The number of nitrogen functional groups attached to an aromatic ring is 1. The lowest BCUT2D eigenvalue weighted by Gasteiger charge is -2.25. The topological polar surface area (TPSA) is 92.5 Å². The van der Waals surface area contributed by atoms with E-state index in [1.54, 1.807) is 32.3 Å². The zero-order valence-corrected chi connectivity index (χ0v) is 13.1. The molecule has 1 amide bonds. The van der Waals surface area contributed by atoms with Gasteiger partial charge in [-0.3, -0.25) is 4.79 Å². The Bertz CT molecular complexity index is 627. The lowest BCUT2D eigenvalue weighted by molar-refractivity contribution is 0.0827. The van der Waals surface area contributed by atoms with E-state index >= 15 is 0 Å². The van der Waals surface area contributed by atoms with Crippen LogP contribution in [0.2, 0.25) is 0 Å². The number of rotatable bonds is 3. The number of nitrogens with two attached hydrogens (primary N) is 1. The van der Waals surface area contributed by atoms with E-state index in [1.165, 1.54) is 4.90 Å². The van der Waals surface area contributed by atoms with Gasteiger partial charge in [-0.25, -0.2) is 8.42 Å². The minimum Gasteiger partial charge on any atom is -0.397 e. The minimum absolute atomic E-state index is 0.0699. The van der Waals surface area contributed by atoms with Crippen molar-refractivity contribution in [1.82, 2.24) is 4.90 Å². The third-order valence-corrected chi connectivity index (χ3v) is 5.34. The molecule has 0 saturated carbocycles. The van der Waals surface area contributed by atoms with Crippen molar-refractivity contribution >= 4 is 27.1 Å². The van der Waals surface area contributed by atoms with Crippen LogP contribution in [0.15, 0.2) is 18.2 Å². The Kier molecular flexibility index (Phi) is 4.41. The van der Waals surface area contributed by atoms with Crippen LogP contribution in [-0.4, -0.2) is 50.9 Å². The average Bonchev–Trinajstić information content (AvgIpc) is 2.42. The van der Waals surface area contributed by atoms with Crippen molar-refractivity contribution in [2.45, 2.75) is 18.9 Å². The maximum atomic E-state index is 12.0. The first-order valence-corrected chi connectivity index (χ1v) is 8.69. The van der Waals surface area contributed by atoms with Crippen LogP contribution >= 0.6 is 0 Å². The second-order valence-corrected chi connectivity index (χ2v) is 7.88. The predicted octanol–water partition coefficient (Wildman–Crippen LogP) is 0.960. The highest BCUT2D eigenvalue weighted by atomic mass is 32.2. The smallest absolute Gasteiger partial charge is 0.253 e. The zero-order chi connectivity index (χ0) is 15.6. The van der Waals surface area contributed by atoms with E-state index in [9.17, 15) is 13.2 Å². The minimum atomic E-state index is -2.88. The lowest BCUT2D eigenvalue weighted by atomic mass is 10.1. The molecule has 0 radical (unpaired) electrons. The van der Waals surface area contributed by atoms with Gasteiger partial charge in [-0.1, -0.05) is 0 Å². The largest absolute Gasteiger partial charge is 0.397 e. The highest BCUT2D eigenvalue weighted by Gasteiger charge is 2.24. The molecule has 2 rings (SSSR count). The van der Waals surface area contributed by atoms with Gasteiger partial charge in [0.2, 0.25) is 0 Å². The van der Waals surface area contributed by atoms with Crippen molar-refractivity contribution in [2.24, 2.45) is 0 Å². The van der Waals surface area contributed by atoms with Crippen molar-refractivity contribution in [2.75, 3.05) is 36.7 Å². The van der Waals surface area contributed by atoms with Gasteiger partial charge >= 0.3 is 0 Å². The van der Waals surface area contributed by atoms with Crippen molar-refractivity contribution in [3.05, 3.63) is 23.8 Å². The number of nitrogens with zero attached hydrogens (tertiary/aromatic N) is 1. The molecule has 0 bridgehead atoms. The van der Waals surface area contributed by atoms with Gasteiger partial charge in [0.05, 0.1) is 22.9 Å². The summed E-state index contributed by atoms with van der Waals surface area (Å²) in [5.74, 6) is 0.297. The third kappa shape index (κ3) is 3.87. The molecule has 0 atom stereocenters. The summed E-state index contributed by atoms with van der Waals surface area (Å²) >= 11 is 0. The standard InChI is InChI=1S/C14H21N3O3S/c1-17(2)14(18)10-3-4-12(15)13(9-10)16-11-5-7-21(19,20)8-6-11/h3-4,9,11,16H,5-8,15H2,1-2H3. The van der Waals surface area contributed by atoms with E-state index in [1.807, 2.05) is 0 Å². The molecular formula is C14H21N3O3S. The molecule has 0 spiro atoms. The summed E-state index contributed by atoms with van der Waals surface area (Å²) in [5, 5.41) is 3.26. The first-order chi connectivity index (χ1) is 9.78. The van der Waals surface area contributed by atoms with Gasteiger partial charge in [-0.2, -0.15) is 0 Å². The van der Waals surface area contributed by atoms with Crippen molar-refractivity contribution in [3.8, 4) is 0 Å². The van der Waals surface area contributed by atoms with E-state index in [0.29, 0.717) is 29.8 Å². The normalized spacial score (nSPS) is 18.2. The molecule has 7 heteroatoms. The molecule has 1 saturated heterocycles. The van der Waals surface area contributed by atoms with Crippen LogP contribution < -0.4 is 11.1 Å². The number of carbonyl (C=O) groups is 1. The van der Waals surface area contributed by atoms with Gasteiger partial charge in [0, 0.05) is 25.7 Å². The van der Waals surface area contributed by atoms with Crippen molar-refractivity contribution < 1.29 is 13.2 Å². The maximum absolute atomic E-state index is 12.0. The summed E-state index contributed by atoms with van der Waals surface area (Å²) in [6.45, 7) is 0. The Morgan fingerprint density at radius 3 is 2.48 bits per heavy atom. The number of benzene rings is 1. The molecule has 0 aromatic heterocycles. The Balaban J connectivity index is 2.13. The molecule has 1 aromatic rings. The molecular weight excluding hydrogens is 290 g/mol. The maximum Gasteiger partial charge on any atom is 0.253 e. The van der Waals surface area contributed by atoms with Crippen LogP contribution in [0.4, 0.5) is 11.4 Å². The first-order valence-electron chi connectivity index (χ1n) is 6.86. The summed E-state index contributed by atoms with van der Waals surface area (Å²) in [4.78, 5) is 13.5. The number of hydrogen-bond donors (Lipinski definition) is 2. The molecule has 1 heterocycles. The molecule has 3 N–H and O–H groups in total. The fourth-order valence-corrected chi connectivity index (χ4v) is 3.82. The van der Waals surface area contributed by atoms with E-state index in [2.05, 4.69) is 5.32 Å². The van der Waals surface area contributed by atoms with Crippen molar-refractivity contribution in [3.63, 3.8) is 0 Å². The first kappa shape index (κ1) is 15.6. The SMILES string of the molecule is CN(C)C(=O)c1ccc(N)c(NC2CCS(=O)(=O)CC2)c1. The van der Waals surface area contributed by atoms with Gasteiger partial charge in [0.1, 0.15) is 9.84 Å². The molecule has 1 aliphatic rings. The quantitative estimate of drug-likeness (QED) is 0.811. The molecule has 0 aliphatic carbocycles. The van der Waals surface area contributed by atoms with Crippen LogP contribution in [0.1, 0.15) is 23.2 Å². The number of nitrogens with one attached hydrogen (secondary N) is 1. The third-order valence-electron chi connectivity index (χ3n) is 3.62. The highest BCUT2D eigenvalue weighted by molar-refractivity contribution is 7.91. The second kappa shape index (κ2) is 5.93. The van der Waals surface area contributed by atoms with E-state index in [4.69, 9.17) is 5.73 Å². The molecule has 1 aromatic carbocycles. The molecule has 6 nitrogen and oxygen atoms in total. The summed E-state index contributed by atoms with van der Waals surface area (Å²) < 4.78 is 22.9. The molecule has 0 unspecified atom stereocenters. The Labute approximate surface area is 125 Å². The summed E-state index contributed by atoms with van der Waals surface area (Å²) in [6, 6.07) is 5.17. The summed E-state index contributed by atoms with van der Waals surface area (Å²) in [7, 11) is 0.502. The van der Waals surface area contributed by atoms with E-state index in [0.717, 1.165) is 0 Å². The van der Waals surface area contributed by atoms with Gasteiger partial charge in [0.15, 0.2) is 0 Å². The van der Waals surface area contributed by atoms with Gasteiger partial charge in [0.25, 0.3) is 5.91 Å². The van der Waals surface area contributed by atoms with E-state index in [-0.39, 0.29) is 23.5 Å². The van der Waals surface area contributed by atoms with Crippen LogP contribution in [0, 0.1) is 0 Å². The molecule has 116 valence electrons. The number of anilines is 2. The molecule has 1 aliphatic heterocycles. The van der Waals surface area contributed by atoms with Gasteiger partial charge < -0.3 is 16.0 Å². The Morgan fingerprint density at radius 2 is 1.90 bits per heavy atom. The monoisotopic (exact) mass is 311 g/mol. The van der Waals surface area contributed by atoms with Crippen LogP contribution in [-0.2, 0) is 9.84 Å².